The highest BCUT2D eigenvalue weighted by Crippen LogP contribution is 2.59. The van der Waals surface area contributed by atoms with Crippen LogP contribution in [0.25, 0.3) is 0 Å². The molecule has 0 spiro atoms. The zero-order valence-corrected chi connectivity index (χ0v) is 26.1. The van der Waals surface area contributed by atoms with Crippen molar-refractivity contribution in [3.05, 3.63) is 0 Å². The number of rotatable bonds is 2. The Bertz CT molecular complexity index is 984. The zero-order chi connectivity index (χ0) is 28.8. The van der Waals surface area contributed by atoms with Gasteiger partial charge in [-0.25, -0.2) is 0 Å². The van der Waals surface area contributed by atoms with Gasteiger partial charge < -0.3 is 28.8 Å². The number of aliphatic hydroxyl groups is 1. The molecule has 232 valence electrons. The predicted octanol–water partition coefficient (Wildman–Crippen LogP) is 5.91. The summed E-state index contributed by atoms with van der Waals surface area (Å²) in [5.41, 5.74) is 0. The number of carbonyl (C=O) groups excluding carboxylic acids is 1. The highest BCUT2D eigenvalue weighted by molar-refractivity contribution is 5.69. The average Bonchev–Trinajstić information content (AvgIpc) is 3.20. The van der Waals surface area contributed by atoms with Crippen molar-refractivity contribution in [3.63, 3.8) is 0 Å². The minimum Gasteiger partial charge on any atom is -0.459 e. The summed E-state index contributed by atoms with van der Waals surface area (Å²) in [6, 6.07) is 0. The molecule has 2 aliphatic carbocycles. The molecule has 5 aliphatic heterocycles. The van der Waals surface area contributed by atoms with E-state index in [0.717, 1.165) is 19.3 Å². The number of carbonyl (C=O) groups is 1. The van der Waals surface area contributed by atoms with Crippen LogP contribution in [0.1, 0.15) is 99.3 Å². The van der Waals surface area contributed by atoms with Crippen LogP contribution >= 0.6 is 0 Å². The standard InChI is InChI=1S/C34H54O7/c1-7-28(35)37-27-15-26-18(4)24-14-23(17(3)22-12-13-34(6,36)41-33(39-26)30(22)24)25-11-10-20-16(2)8-9-21-19(5)31(27)40-32(38-25)29(20)21/h16-27,29-33,36H,7-15H2,1-6H3. The molecule has 0 aromatic carbocycles. The van der Waals surface area contributed by atoms with Crippen molar-refractivity contribution in [2.75, 3.05) is 0 Å². The summed E-state index contributed by atoms with van der Waals surface area (Å²) in [6.07, 6.45) is 7.06. The zero-order valence-electron chi connectivity index (χ0n) is 26.1. The van der Waals surface area contributed by atoms with Crippen molar-refractivity contribution in [2.24, 2.45) is 65.1 Å². The highest BCUT2D eigenvalue weighted by Gasteiger charge is 2.60. The fourth-order valence-electron chi connectivity index (χ4n) is 11.2. The van der Waals surface area contributed by atoms with Gasteiger partial charge in [0.15, 0.2) is 18.4 Å². The molecule has 7 aliphatic rings. The van der Waals surface area contributed by atoms with Crippen LogP contribution in [0.15, 0.2) is 0 Å². The van der Waals surface area contributed by atoms with Gasteiger partial charge >= 0.3 is 5.97 Å². The molecule has 1 N–H and O–H groups in total. The molecular formula is C34H54O7. The molecule has 18 unspecified atom stereocenters. The van der Waals surface area contributed by atoms with Crippen LogP contribution < -0.4 is 0 Å². The van der Waals surface area contributed by atoms with E-state index in [0.29, 0.717) is 66.6 Å². The Balaban J connectivity index is 1.34. The Morgan fingerprint density at radius 3 is 2.27 bits per heavy atom. The molecule has 0 amide bonds. The second kappa shape index (κ2) is 10.7. The molecule has 18 atom stereocenters. The van der Waals surface area contributed by atoms with E-state index in [1.807, 2.05) is 6.92 Å². The van der Waals surface area contributed by atoms with Crippen molar-refractivity contribution in [1.82, 2.24) is 0 Å². The van der Waals surface area contributed by atoms with Gasteiger partial charge in [-0.2, -0.15) is 0 Å². The summed E-state index contributed by atoms with van der Waals surface area (Å²) < 4.78 is 33.9. The summed E-state index contributed by atoms with van der Waals surface area (Å²) >= 11 is 0. The van der Waals surface area contributed by atoms with Gasteiger partial charge in [0.2, 0.25) is 0 Å². The lowest BCUT2D eigenvalue weighted by Gasteiger charge is -2.57. The van der Waals surface area contributed by atoms with E-state index in [2.05, 4.69) is 27.7 Å². The van der Waals surface area contributed by atoms with Crippen LogP contribution in [0.2, 0.25) is 0 Å². The SMILES string of the molecule is CCC(=O)OC1CC2OC3OC(C)(O)CCC4C(C)C(CC(C2C)C34)C2CCC3C(C)CCC4C(C)C1OC(O2)C34. The molecule has 7 rings (SSSR count). The fraction of sp³-hybridized carbons (Fsp3) is 0.971. The van der Waals surface area contributed by atoms with Gasteiger partial charge in [-0.05, 0) is 92.3 Å². The van der Waals surface area contributed by atoms with Crippen LogP contribution in [-0.2, 0) is 28.5 Å². The van der Waals surface area contributed by atoms with Gasteiger partial charge in [0.1, 0.15) is 12.2 Å². The van der Waals surface area contributed by atoms with Crippen LogP contribution in [0.4, 0.5) is 0 Å². The third-order valence-electron chi connectivity index (χ3n) is 13.5. The Morgan fingerprint density at radius 2 is 1.49 bits per heavy atom. The van der Waals surface area contributed by atoms with Crippen LogP contribution in [-0.4, -0.2) is 53.9 Å². The quantitative estimate of drug-likeness (QED) is 0.410. The van der Waals surface area contributed by atoms with E-state index in [1.165, 1.54) is 19.3 Å². The number of hydrogen-bond donors (Lipinski definition) is 1. The Hall–Kier alpha value is -0.730. The molecule has 0 aromatic rings. The maximum atomic E-state index is 12.9. The van der Waals surface area contributed by atoms with Gasteiger partial charge in [-0.1, -0.05) is 41.0 Å². The fourth-order valence-corrected chi connectivity index (χ4v) is 11.2. The first-order chi connectivity index (χ1) is 19.6. The first-order valence-corrected chi connectivity index (χ1v) is 17.1. The average molecular weight is 575 g/mol. The monoisotopic (exact) mass is 574 g/mol. The van der Waals surface area contributed by atoms with E-state index in [-0.39, 0.29) is 48.3 Å². The topological polar surface area (TPSA) is 83.5 Å². The first kappa shape index (κ1) is 29.0. The summed E-state index contributed by atoms with van der Waals surface area (Å²) in [6.45, 7) is 13.2. The van der Waals surface area contributed by atoms with Crippen molar-refractivity contribution in [3.8, 4) is 0 Å². The lowest BCUT2D eigenvalue weighted by Crippen LogP contribution is -2.60. The summed E-state index contributed by atoms with van der Waals surface area (Å²) in [5.74, 6) is 3.39. The van der Waals surface area contributed by atoms with Crippen molar-refractivity contribution in [2.45, 2.75) is 142 Å². The Labute approximate surface area is 246 Å². The second-order valence-corrected chi connectivity index (χ2v) is 15.6. The molecule has 0 radical (unpaired) electrons. The molecule has 7 fully saturated rings. The van der Waals surface area contributed by atoms with Crippen molar-refractivity contribution in [1.29, 1.82) is 0 Å². The van der Waals surface area contributed by atoms with E-state index >= 15 is 0 Å². The van der Waals surface area contributed by atoms with E-state index in [4.69, 9.17) is 23.7 Å². The maximum absolute atomic E-state index is 12.9. The predicted molar refractivity (Wildman–Crippen MR) is 152 cm³/mol. The summed E-state index contributed by atoms with van der Waals surface area (Å²) in [5, 5.41) is 11.2. The number of fused-ring (bicyclic) bond motifs is 5. The van der Waals surface area contributed by atoms with E-state index in [1.54, 1.807) is 6.92 Å². The van der Waals surface area contributed by atoms with Crippen LogP contribution in [0.3, 0.4) is 0 Å². The van der Waals surface area contributed by atoms with Gasteiger partial charge in [0.05, 0.1) is 12.2 Å². The summed E-state index contributed by atoms with van der Waals surface area (Å²) in [4.78, 5) is 12.9. The number of esters is 1. The molecule has 6 bridgehead atoms. The molecule has 5 heterocycles. The van der Waals surface area contributed by atoms with E-state index < -0.39 is 18.2 Å². The minimum atomic E-state index is -1.21. The van der Waals surface area contributed by atoms with Crippen LogP contribution in [0.5, 0.6) is 0 Å². The molecule has 2 saturated carbocycles. The lowest BCUT2D eigenvalue weighted by atomic mass is 9.55. The Morgan fingerprint density at radius 1 is 0.780 bits per heavy atom. The largest absolute Gasteiger partial charge is 0.459 e. The minimum absolute atomic E-state index is 0.130. The molecule has 41 heavy (non-hydrogen) atoms. The lowest BCUT2D eigenvalue weighted by molar-refractivity contribution is -0.348. The number of hydrogen-bond acceptors (Lipinski definition) is 7. The molecular weight excluding hydrogens is 520 g/mol. The molecule has 0 aromatic heterocycles. The normalized spacial score (nSPS) is 58.0. The van der Waals surface area contributed by atoms with Crippen LogP contribution in [0, 0.1) is 65.1 Å². The van der Waals surface area contributed by atoms with Crippen molar-refractivity contribution < 1.29 is 33.6 Å². The maximum Gasteiger partial charge on any atom is 0.305 e. The van der Waals surface area contributed by atoms with Crippen molar-refractivity contribution >= 4 is 5.97 Å². The Kier molecular flexibility index (Phi) is 7.58. The molecule has 7 nitrogen and oxygen atoms in total. The van der Waals surface area contributed by atoms with Gasteiger partial charge in [-0.15, -0.1) is 0 Å². The third-order valence-corrected chi connectivity index (χ3v) is 13.5. The molecule has 7 heteroatoms. The second-order valence-electron chi connectivity index (χ2n) is 15.6. The number of ether oxygens (including phenoxy) is 5. The van der Waals surface area contributed by atoms with Gasteiger partial charge in [-0.3, -0.25) is 4.79 Å². The summed E-state index contributed by atoms with van der Waals surface area (Å²) in [7, 11) is 0. The third kappa shape index (κ3) is 4.83. The van der Waals surface area contributed by atoms with Gasteiger partial charge in [0.25, 0.3) is 0 Å². The first-order valence-electron chi connectivity index (χ1n) is 17.1. The smallest absolute Gasteiger partial charge is 0.305 e. The van der Waals surface area contributed by atoms with Gasteiger partial charge in [0, 0.05) is 31.1 Å². The highest BCUT2D eigenvalue weighted by atomic mass is 16.7. The van der Waals surface area contributed by atoms with E-state index in [9.17, 15) is 9.90 Å². The molecule has 5 saturated heterocycles.